The molecule has 0 unspecified atom stereocenters. The van der Waals surface area contributed by atoms with Crippen molar-refractivity contribution in [3.05, 3.63) is 82.4 Å². The lowest BCUT2D eigenvalue weighted by molar-refractivity contribution is -0.117. The van der Waals surface area contributed by atoms with Crippen molar-refractivity contribution in [3.8, 4) is 22.8 Å². The van der Waals surface area contributed by atoms with Crippen molar-refractivity contribution < 1.29 is 9.32 Å². The lowest BCUT2D eigenvalue weighted by atomic mass is 10.2. The molecule has 0 bridgehead atoms. The summed E-state index contributed by atoms with van der Waals surface area (Å²) in [6, 6.07) is 17.8. The predicted octanol–water partition coefficient (Wildman–Crippen LogP) is 3.57. The summed E-state index contributed by atoms with van der Waals surface area (Å²) in [4.78, 5) is 31.9. The number of nitrogens with zero attached hydrogens (tertiary/aromatic N) is 6. The molecule has 0 fully saturated rings. The van der Waals surface area contributed by atoms with Crippen LogP contribution in [0.2, 0.25) is 5.02 Å². The highest BCUT2D eigenvalue weighted by atomic mass is 35.5. The molecule has 0 atom stereocenters. The van der Waals surface area contributed by atoms with E-state index in [1.807, 2.05) is 31.1 Å². The first-order valence-electron chi connectivity index (χ1n) is 10.6. The van der Waals surface area contributed by atoms with Gasteiger partial charge in [0.25, 0.3) is 5.89 Å². The molecule has 0 aliphatic heterocycles. The topological polar surface area (TPSA) is 111 Å². The van der Waals surface area contributed by atoms with Gasteiger partial charge in [-0.05, 0) is 60.7 Å². The largest absolute Gasteiger partial charge is 0.378 e. The van der Waals surface area contributed by atoms with E-state index in [2.05, 4.69) is 20.6 Å². The fourth-order valence-electron chi connectivity index (χ4n) is 3.54. The maximum atomic E-state index is 12.9. The van der Waals surface area contributed by atoms with E-state index < -0.39 is 5.69 Å². The fraction of sp³-hybridized carbons (Fsp3) is 0.125. The minimum absolute atomic E-state index is 0.197. The number of anilines is 2. The van der Waals surface area contributed by atoms with Crippen LogP contribution in [0.1, 0.15) is 0 Å². The minimum atomic E-state index is -0.461. The molecule has 0 aliphatic carbocycles. The van der Waals surface area contributed by atoms with E-state index in [1.54, 1.807) is 54.7 Å². The van der Waals surface area contributed by atoms with Gasteiger partial charge in [-0.2, -0.15) is 4.98 Å². The molecule has 0 spiro atoms. The first-order valence-corrected chi connectivity index (χ1v) is 11.0. The first-order chi connectivity index (χ1) is 16.9. The van der Waals surface area contributed by atoms with Gasteiger partial charge >= 0.3 is 5.69 Å². The average molecular weight is 490 g/mol. The highest BCUT2D eigenvalue weighted by Gasteiger charge is 2.18. The van der Waals surface area contributed by atoms with Gasteiger partial charge in [0.1, 0.15) is 6.54 Å². The number of hydrogen-bond donors (Lipinski definition) is 1. The second-order valence-electron chi connectivity index (χ2n) is 7.98. The van der Waals surface area contributed by atoms with Crippen LogP contribution in [0.4, 0.5) is 11.4 Å². The van der Waals surface area contributed by atoms with Crippen LogP contribution in [0.5, 0.6) is 0 Å². The Morgan fingerprint density at radius 1 is 1.09 bits per heavy atom. The summed E-state index contributed by atoms with van der Waals surface area (Å²) in [7, 11) is 3.87. The lowest BCUT2D eigenvalue weighted by Gasteiger charge is -2.13. The molecule has 5 aromatic rings. The van der Waals surface area contributed by atoms with Crippen molar-refractivity contribution in [2.75, 3.05) is 24.3 Å². The smallest absolute Gasteiger partial charge is 0.350 e. The number of pyridine rings is 1. The second kappa shape index (κ2) is 9.07. The molecular formula is C24H20ClN7O3. The number of nitrogens with one attached hydrogen (secondary N) is 1. The zero-order valence-electron chi connectivity index (χ0n) is 18.8. The molecule has 2 aromatic carbocycles. The van der Waals surface area contributed by atoms with E-state index in [4.69, 9.17) is 16.1 Å². The maximum absolute atomic E-state index is 12.9. The van der Waals surface area contributed by atoms with Crippen molar-refractivity contribution in [3.63, 3.8) is 0 Å². The van der Waals surface area contributed by atoms with Gasteiger partial charge in [-0.3, -0.25) is 4.79 Å². The number of aromatic nitrogens is 5. The van der Waals surface area contributed by atoms with Crippen molar-refractivity contribution >= 4 is 34.5 Å². The Labute approximate surface area is 204 Å². The molecule has 11 heteroatoms. The Morgan fingerprint density at radius 3 is 2.54 bits per heavy atom. The van der Waals surface area contributed by atoms with Crippen LogP contribution in [0.25, 0.3) is 28.5 Å². The standard InChI is InChI=1S/C24H20ClN7O3/c1-30(2)18-11-9-17(10-12-18)26-20(33)14-32-24(34)31-13-3-4-19(22(31)28-32)23-27-21(29-35-23)15-5-7-16(25)8-6-15/h3-13H,14H2,1-2H3,(H,26,33). The van der Waals surface area contributed by atoms with Crippen LogP contribution in [-0.4, -0.2) is 44.3 Å². The van der Waals surface area contributed by atoms with Gasteiger partial charge in [-0.25, -0.2) is 13.9 Å². The number of amides is 1. The third kappa shape index (κ3) is 4.51. The lowest BCUT2D eigenvalue weighted by Crippen LogP contribution is -2.28. The van der Waals surface area contributed by atoms with E-state index in [-0.39, 0.29) is 18.3 Å². The Kier molecular flexibility index (Phi) is 5.79. The fourth-order valence-corrected chi connectivity index (χ4v) is 3.66. The molecule has 0 saturated carbocycles. The molecular weight excluding hydrogens is 470 g/mol. The van der Waals surface area contributed by atoms with Crippen LogP contribution in [0.3, 0.4) is 0 Å². The molecule has 35 heavy (non-hydrogen) atoms. The number of hydrogen-bond acceptors (Lipinski definition) is 7. The van der Waals surface area contributed by atoms with Crippen molar-refractivity contribution in [1.29, 1.82) is 0 Å². The Morgan fingerprint density at radius 2 is 1.83 bits per heavy atom. The highest BCUT2D eigenvalue weighted by molar-refractivity contribution is 6.30. The summed E-state index contributed by atoms with van der Waals surface area (Å²) >= 11 is 5.94. The Balaban J connectivity index is 1.40. The molecule has 176 valence electrons. The summed E-state index contributed by atoms with van der Waals surface area (Å²) in [5, 5.41) is 11.8. The van der Waals surface area contributed by atoms with Crippen molar-refractivity contribution in [2.24, 2.45) is 0 Å². The second-order valence-corrected chi connectivity index (χ2v) is 8.41. The van der Waals surface area contributed by atoms with Crippen molar-refractivity contribution in [2.45, 2.75) is 6.54 Å². The molecule has 3 heterocycles. The molecule has 3 aromatic heterocycles. The van der Waals surface area contributed by atoms with E-state index >= 15 is 0 Å². The van der Waals surface area contributed by atoms with E-state index in [0.29, 0.717) is 27.7 Å². The molecule has 0 saturated heterocycles. The third-order valence-corrected chi connectivity index (χ3v) is 5.58. The zero-order valence-corrected chi connectivity index (χ0v) is 19.6. The number of carbonyl (C=O) groups is 1. The minimum Gasteiger partial charge on any atom is -0.378 e. The monoisotopic (exact) mass is 489 g/mol. The maximum Gasteiger partial charge on any atom is 0.350 e. The van der Waals surface area contributed by atoms with E-state index in [0.717, 1.165) is 15.9 Å². The van der Waals surface area contributed by atoms with Crippen LogP contribution in [0.15, 0.2) is 76.2 Å². The van der Waals surface area contributed by atoms with Gasteiger partial charge in [-0.15, -0.1) is 5.10 Å². The normalized spacial score (nSPS) is 11.1. The van der Waals surface area contributed by atoms with Crippen LogP contribution in [0, 0.1) is 0 Å². The number of carbonyl (C=O) groups excluding carboxylic acids is 1. The number of fused-ring (bicyclic) bond motifs is 1. The Bertz CT molecular complexity index is 1570. The predicted molar refractivity (Wildman–Crippen MR) is 133 cm³/mol. The van der Waals surface area contributed by atoms with Gasteiger partial charge in [0, 0.05) is 42.3 Å². The zero-order chi connectivity index (χ0) is 24.5. The summed E-state index contributed by atoms with van der Waals surface area (Å²) in [5.74, 6) is 0.195. The molecule has 0 aliphatic rings. The molecule has 0 radical (unpaired) electrons. The Hall–Kier alpha value is -4.44. The highest BCUT2D eigenvalue weighted by Crippen LogP contribution is 2.25. The van der Waals surface area contributed by atoms with Gasteiger partial charge in [0.2, 0.25) is 11.7 Å². The first kappa shape index (κ1) is 22.4. The van der Waals surface area contributed by atoms with E-state index in [9.17, 15) is 9.59 Å². The van der Waals surface area contributed by atoms with Crippen molar-refractivity contribution in [1.82, 2.24) is 24.3 Å². The van der Waals surface area contributed by atoms with Crippen LogP contribution < -0.4 is 15.9 Å². The summed E-state index contributed by atoms with van der Waals surface area (Å²) < 4.78 is 7.87. The van der Waals surface area contributed by atoms with Crippen LogP contribution in [-0.2, 0) is 11.3 Å². The quantitative estimate of drug-likeness (QED) is 0.388. The number of benzene rings is 2. The average Bonchev–Trinajstić information content (AvgIpc) is 3.45. The summed E-state index contributed by atoms with van der Waals surface area (Å²) in [6.07, 6.45) is 1.57. The van der Waals surface area contributed by atoms with Gasteiger partial charge in [0.15, 0.2) is 5.65 Å². The number of rotatable bonds is 6. The number of halogens is 1. The van der Waals surface area contributed by atoms with Gasteiger partial charge in [0.05, 0.1) is 5.56 Å². The third-order valence-electron chi connectivity index (χ3n) is 5.33. The molecule has 10 nitrogen and oxygen atoms in total. The molecule has 5 rings (SSSR count). The van der Waals surface area contributed by atoms with Gasteiger partial charge < -0.3 is 14.7 Å². The van der Waals surface area contributed by atoms with Gasteiger partial charge in [-0.1, -0.05) is 16.8 Å². The molecule has 1 N–H and O–H groups in total. The van der Waals surface area contributed by atoms with Crippen LogP contribution >= 0.6 is 11.6 Å². The molecule has 1 amide bonds. The summed E-state index contributed by atoms with van der Waals surface area (Å²) in [6.45, 7) is -0.255. The summed E-state index contributed by atoms with van der Waals surface area (Å²) in [5.41, 5.74) is 2.67. The SMILES string of the molecule is CN(C)c1ccc(NC(=O)Cn2nc3c(-c4nc(-c5ccc(Cl)cc5)no4)cccn3c2=O)cc1. The van der Waals surface area contributed by atoms with E-state index in [1.165, 1.54) is 4.40 Å².